The third-order valence-electron chi connectivity index (χ3n) is 10.4. The van der Waals surface area contributed by atoms with Crippen LogP contribution in [0.25, 0.3) is 0 Å². The Morgan fingerprint density at radius 1 is 1.29 bits per heavy atom. The minimum Gasteiger partial charge on any atom is -0.458 e. The van der Waals surface area contributed by atoms with Crippen molar-refractivity contribution in [2.24, 2.45) is 28.6 Å². The predicted octanol–water partition coefficient (Wildman–Crippen LogP) is 2.34. The Bertz CT molecular complexity index is 908. The number of esters is 2. The van der Waals surface area contributed by atoms with Gasteiger partial charge in [-0.05, 0) is 61.3 Å². The summed E-state index contributed by atoms with van der Waals surface area (Å²) in [5.41, 5.74) is 4.48. The van der Waals surface area contributed by atoms with Crippen LogP contribution >= 0.6 is 0 Å². The van der Waals surface area contributed by atoms with Crippen molar-refractivity contribution in [2.45, 2.75) is 103 Å². The fourth-order valence-corrected chi connectivity index (χ4v) is 9.06. The number of hydrazine groups is 1. The highest BCUT2D eigenvalue weighted by Gasteiger charge is 2.76. The second-order valence-electron chi connectivity index (χ2n) is 12.1. The standard InChI is InChI=1S/C26H40N2O6/c1-15-13-26(34-16(2)29)22-23(3,18-6-5-7-19(18)27-28-26)10-9-20(30)24(22,4)25(15,32)11-8-17-12-21(31)33-14-17/h12,15,18-20,22,27-28,30,32H,5-11,13-14H2,1-4H3/t15-,18-,19+,20-,22+,23+,24+,25-,26-/m1/s1. The number of carbonyl (C=O) groups excluding carboxylic acids is 2. The second-order valence-corrected chi connectivity index (χ2v) is 12.1. The van der Waals surface area contributed by atoms with E-state index in [0.717, 1.165) is 31.3 Å². The van der Waals surface area contributed by atoms with E-state index < -0.39 is 22.8 Å². The highest BCUT2D eigenvalue weighted by atomic mass is 16.6. The van der Waals surface area contributed by atoms with Gasteiger partial charge in [0.2, 0.25) is 0 Å². The van der Waals surface area contributed by atoms with Gasteiger partial charge in [-0.2, -0.15) is 0 Å². The van der Waals surface area contributed by atoms with Gasteiger partial charge >= 0.3 is 11.9 Å². The third kappa shape index (κ3) is 3.25. The lowest BCUT2D eigenvalue weighted by Crippen LogP contribution is -2.78. The molecule has 3 aliphatic carbocycles. The van der Waals surface area contributed by atoms with E-state index >= 15 is 0 Å². The highest BCUT2D eigenvalue weighted by Crippen LogP contribution is 2.70. The molecule has 8 heteroatoms. The zero-order valence-corrected chi connectivity index (χ0v) is 20.9. The molecule has 5 aliphatic rings. The third-order valence-corrected chi connectivity index (χ3v) is 10.4. The van der Waals surface area contributed by atoms with Gasteiger partial charge in [0.1, 0.15) is 6.61 Å². The Morgan fingerprint density at radius 3 is 2.74 bits per heavy atom. The molecule has 2 heterocycles. The Balaban J connectivity index is 1.63. The van der Waals surface area contributed by atoms with Crippen LogP contribution in [0.3, 0.4) is 0 Å². The molecule has 0 aromatic carbocycles. The molecule has 1 saturated heterocycles. The molecule has 2 aliphatic heterocycles. The minimum atomic E-state index is -1.21. The van der Waals surface area contributed by atoms with Gasteiger partial charge < -0.3 is 19.7 Å². The predicted molar refractivity (Wildman–Crippen MR) is 124 cm³/mol. The number of carbonyl (C=O) groups is 2. The number of aliphatic hydroxyl groups excluding tert-OH is 1. The van der Waals surface area contributed by atoms with Crippen molar-refractivity contribution in [1.29, 1.82) is 0 Å². The fraction of sp³-hybridized carbons (Fsp3) is 0.846. The van der Waals surface area contributed by atoms with Crippen LogP contribution < -0.4 is 10.9 Å². The Labute approximate surface area is 201 Å². The van der Waals surface area contributed by atoms with Crippen molar-refractivity contribution < 1.29 is 29.3 Å². The monoisotopic (exact) mass is 476 g/mol. The van der Waals surface area contributed by atoms with Crippen molar-refractivity contribution in [3.63, 3.8) is 0 Å². The van der Waals surface area contributed by atoms with Crippen molar-refractivity contribution in [3.05, 3.63) is 11.6 Å². The van der Waals surface area contributed by atoms with Crippen LogP contribution in [0.1, 0.15) is 79.1 Å². The molecule has 0 radical (unpaired) electrons. The van der Waals surface area contributed by atoms with Gasteiger partial charge in [0.05, 0.1) is 11.7 Å². The zero-order valence-electron chi connectivity index (χ0n) is 20.9. The summed E-state index contributed by atoms with van der Waals surface area (Å²) >= 11 is 0. The molecule has 0 aromatic rings. The normalized spacial score (nSPS) is 50.0. The lowest BCUT2D eigenvalue weighted by molar-refractivity contribution is -0.320. The number of rotatable bonds is 4. The summed E-state index contributed by atoms with van der Waals surface area (Å²) in [4.78, 5) is 24.1. The Morgan fingerprint density at radius 2 is 2.06 bits per heavy atom. The van der Waals surface area contributed by atoms with E-state index in [9.17, 15) is 19.8 Å². The summed E-state index contributed by atoms with van der Waals surface area (Å²) < 4.78 is 11.3. The van der Waals surface area contributed by atoms with Crippen LogP contribution in [0, 0.1) is 28.6 Å². The number of ether oxygens (including phenoxy) is 2. The van der Waals surface area contributed by atoms with Crippen LogP contribution in [0.4, 0.5) is 0 Å². The molecular weight excluding hydrogens is 436 g/mol. The van der Waals surface area contributed by atoms with Gasteiger partial charge in [-0.25, -0.2) is 10.2 Å². The first-order valence-corrected chi connectivity index (χ1v) is 13.0. The van der Waals surface area contributed by atoms with Crippen LogP contribution in [0.2, 0.25) is 0 Å². The van der Waals surface area contributed by atoms with Gasteiger partial charge in [0.15, 0.2) is 5.72 Å². The van der Waals surface area contributed by atoms with Crippen LogP contribution in [-0.2, 0) is 19.1 Å². The zero-order chi connectivity index (χ0) is 24.5. The van der Waals surface area contributed by atoms with Gasteiger partial charge in [0.25, 0.3) is 0 Å². The number of aliphatic hydroxyl groups is 2. The molecule has 0 bridgehead atoms. The van der Waals surface area contributed by atoms with Gasteiger partial charge in [-0.15, -0.1) is 0 Å². The number of hydrogen-bond acceptors (Lipinski definition) is 8. The first-order valence-electron chi connectivity index (χ1n) is 13.0. The average molecular weight is 477 g/mol. The highest BCUT2D eigenvalue weighted by molar-refractivity contribution is 5.85. The maximum absolute atomic E-state index is 12.5. The summed E-state index contributed by atoms with van der Waals surface area (Å²) in [5.74, 6) is -0.908. The molecule has 0 amide bonds. The van der Waals surface area contributed by atoms with Crippen molar-refractivity contribution in [1.82, 2.24) is 10.9 Å². The molecule has 9 atom stereocenters. The molecule has 190 valence electrons. The summed E-state index contributed by atoms with van der Waals surface area (Å²) in [6, 6.07) is 0.262. The Kier molecular flexibility index (Phi) is 5.71. The van der Waals surface area contributed by atoms with E-state index in [1.807, 2.05) is 13.8 Å². The number of hydrogen-bond donors (Lipinski definition) is 4. The van der Waals surface area contributed by atoms with E-state index in [0.29, 0.717) is 31.6 Å². The van der Waals surface area contributed by atoms with Crippen LogP contribution in [-0.4, -0.2) is 52.2 Å². The summed E-state index contributed by atoms with van der Waals surface area (Å²) in [6.07, 6.45) is 6.83. The van der Waals surface area contributed by atoms with Crippen LogP contribution in [0.5, 0.6) is 0 Å². The SMILES string of the molecule is CC(=O)O[C@@]12C[C@@H](C)[C@](O)(CCC3=CC(=O)OC3)[C@@]3(C)[C@H](O)CC[C@@](C)([C@@H]4CCC[C@@H]4NN1)[C@@H]32. The van der Waals surface area contributed by atoms with E-state index in [1.165, 1.54) is 13.0 Å². The van der Waals surface area contributed by atoms with E-state index in [1.54, 1.807) is 0 Å². The molecule has 3 saturated carbocycles. The van der Waals surface area contributed by atoms with Gasteiger partial charge in [-0.1, -0.05) is 27.2 Å². The second kappa shape index (κ2) is 8.02. The van der Waals surface area contributed by atoms with Crippen molar-refractivity contribution >= 4 is 11.9 Å². The summed E-state index contributed by atoms with van der Waals surface area (Å²) in [6.45, 7) is 7.99. The molecule has 8 nitrogen and oxygen atoms in total. The molecule has 0 aromatic heterocycles. The smallest absolute Gasteiger partial charge is 0.331 e. The van der Waals surface area contributed by atoms with E-state index in [4.69, 9.17) is 9.47 Å². The first kappa shape index (κ1) is 24.2. The lowest BCUT2D eigenvalue weighted by Gasteiger charge is -2.69. The lowest BCUT2D eigenvalue weighted by atomic mass is 9.39. The number of cyclic esters (lactones) is 1. The van der Waals surface area contributed by atoms with Crippen LogP contribution in [0.15, 0.2) is 11.6 Å². The molecule has 5 rings (SSSR count). The fourth-order valence-electron chi connectivity index (χ4n) is 9.06. The number of nitrogens with one attached hydrogen (secondary N) is 2. The maximum Gasteiger partial charge on any atom is 0.331 e. The first-order chi connectivity index (χ1) is 16.0. The van der Waals surface area contributed by atoms with Gasteiger partial charge in [-0.3, -0.25) is 10.2 Å². The molecule has 0 unspecified atom stereocenters. The summed E-state index contributed by atoms with van der Waals surface area (Å²) in [7, 11) is 0. The molecule has 4 N–H and O–H groups in total. The summed E-state index contributed by atoms with van der Waals surface area (Å²) in [5, 5.41) is 24.2. The van der Waals surface area contributed by atoms with Crippen molar-refractivity contribution in [2.75, 3.05) is 6.61 Å². The molecule has 34 heavy (non-hydrogen) atoms. The molecular formula is C26H40N2O6. The quantitative estimate of drug-likeness (QED) is 0.457. The molecule has 4 fully saturated rings. The largest absolute Gasteiger partial charge is 0.458 e. The van der Waals surface area contributed by atoms with E-state index in [-0.39, 0.29) is 41.8 Å². The van der Waals surface area contributed by atoms with Crippen molar-refractivity contribution in [3.8, 4) is 0 Å². The minimum absolute atomic E-state index is 0.235. The Hall–Kier alpha value is -1.48. The maximum atomic E-state index is 12.5. The van der Waals surface area contributed by atoms with E-state index in [2.05, 4.69) is 17.8 Å². The van der Waals surface area contributed by atoms with Gasteiger partial charge in [0, 0.05) is 36.8 Å². The topological polar surface area (TPSA) is 117 Å². The number of fused-ring (bicyclic) bond motifs is 2. The average Bonchev–Trinajstić information content (AvgIpc) is 3.39. The molecule has 0 spiro atoms.